The van der Waals surface area contributed by atoms with Gasteiger partial charge in [0.1, 0.15) is 18.5 Å². The van der Waals surface area contributed by atoms with Gasteiger partial charge in [0.05, 0.1) is 11.8 Å². The Morgan fingerprint density at radius 1 is 1.08 bits per heavy atom. The normalized spacial score (nSPS) is 14.5. The van der Waals surface area contributed by atoms with Crippen LogP contribution in [0.15, 0.2) is 65.8 Å². The fourth-order valence-corrected chi connectivity index (χ4v) is 3.81. The highest BCUT2D eigenvalue weighted by Gasteiger charge is 2.35. The molecule has 0 bridgehead atoms. The zero-order chi connectivity index (χ0) is 25.7. The number of carbonyl (C=O) groups is 2. The summed E-state index contributed by atoms with van der Waals surface area (Å²) < 4.78 is 45.6. The number of amides is 1. The highest BCUT2D eigenvalue weighted by atomic mass is 19.4. The van der Waals surface area contributed by atoms with Crippen LogP contribution in [-0.4, -0.2) is 26.4 Å². The van der Waals surface area contributed by atoms with E-state index in [0.29, 0.717) is 12.4 Å². The van der Waals surface area contributed by atoms with Crippen molar-refractivity contribution in [3.63, 3.8) is 0 Å². The number of halogens is 3. The Bertz CT molecular complexity index is 1270. The summed E-state index contributed by atoms with van der Waals surface area (Å²) in [5.41, 5.74) is -1.09. The van der Waals surface area contributed by atoms with E-state index in [2.05, 4.69) is 15.3 Å². The molecule has 8 nitrogen and oxygen atoms in total. The van der Waals surface area contributed by atoms with Gasteiger partial charge in [-0.15, -0.1) is 0 Å². The standard InChI is InChI=1S/C25H23F3N4O4/c26-25(27,28)20-14-32(22(33)13-29-20)19(11-16-7-4-8-16)23(34)31-21-10-9-18(12-30-21)24(35)36-15-17-5-2-1-3-6-17/h1-3,5-6,9-10,12-14,16,19H,4,7-8,11,15H2,(H,30,31,34)/t19-/m0/s1. The molecule has 188 valence electrons. The molecular weight excluding hydrogens is 477 g/mol. The van der Waals surface area contributed by atoms with Crippen LogP contribution in [0.4, 0.5) is 19.0 Å². The van der Waals surface area contributed by atoms with E-state index in [-0.39, 0.29) is 30.3 Å². The first-order valence-electron chi connectivity index (χ1n) is 11.3. The number of nitrogens with one attached hydrogen (secondary N) is 1. The number of rotatable bonds is 8. The van der Waals surface area contributed by atoms with E-state index in [9.17, 15) is 27.6 Å². The summed E-state index contributed by atoms with van der Waals surface area (Å²) in [4.78, 5) is 44.9. The number of hydrogen-bond donors (Lipinski definition) is 1. The lowest BCUT2D eigenvalue weighted by atomic mass is 9.80. The lowest BCUT2D eigenvalue weighted by Crippen LogP contribution is -2.36. The third kappa shape index (κ3) is 6.15. The van der Waals surface area contributed by atoms with Gasteiger partial charge in [-0.05, 0) is 30.0 Å². The monoisotopic (exact) mass is 500 g/mol. The smallest absolute Gasteiger partial charge is 0.434 e. The van der Waals surface area contributed by atoms with Gasteiger partial charge in [0, 0.05) is 12.4 Å². The number of hydrogen-bond acceptors (Lipinski definition) is 6. The fraction of sp³-hybridized carbons (Fsp3) is 0.320. The van der Waals surface area contributed by atoms with Crippen LogP contribution in [0.3, 0.4) is 0 Å². The highest BCUT2D eigenvalue weighted by molar-refractivity contribution is 5.94. The number of carbonyl (C=O) groups excluding carboxylic acids is 2. The molecule has 2 heterocycles. The first-order valence-corrected chi connectivity index (χ1v) is 11.3. The molecule has 3 aromatic rings. The Morgan fingerprint density at radius 3 is 2.44 bits per heavy atom. The molecule has 0 radical (unpaired) electrons. The predicted octanol–water partition coefficient (Wildman–Crippen LogP) is 4.38. The van der Waals surface area contributed by atoms with Gasteiger partial charge in [-0.2, -0.15) is 13.2 Å². The van der Waals surface area contributed by atoms with Crippen molar-refractivity contribution < 1.29 is 27.5 Å². The second-order valence-corrected chi connectivity index (χ2v) is 8.55. The molecule has 0 spiro atoms. The van der Waals surface area contributed by atoms with Gasteiger partial charge < -0.3 is 10.1 Å². The summed E-state index contributed by atoms with van der Waals surface area (Å²) in [5.74, 6) is -1.09. The van der Waals surface area contributed by atoms with E-state index in [1.165, 1.54) is 18.3 Å². The molecule has 1 amide bonds. The molecule has 1 aliphatic carbocycles. The van der Waals surface area contributed by atoms with Crippen LogP contribution in [0, 0.1) is 5.92 Å². The molecular formula is C25H23F3N4O4. The zero-order valence-electron chi connectivity index (χ0n) is 19.1. The summed E-state index contributed by atoms with van der Waals surface area (Å²) in [6.45, 7) is 0.0849. The molecule has 4 rings (SSSR count). The topological polar surface area (TPSA) is 103 Å². The van der Waals surface area contributed by atoms with Crippen molar-refractivity contribution in [1.82, 2.24) is 14.5 Å². The molecule has 1 atom stereocenters. The van der Waals surface area contributed by atoms with Gasteiger partial charge in [-0.3, -0.25) is 14.2 Å². The summed E-state index contributed by atoms with van der Waals surface area (Å²) in [5, 5.41) is 2.54. The van der Waals surface area contributed by atoms with Crippen LogP contribution >= 0.6 is 0 Å². The summed E-state index contributed by atoms with van der Waals surface area (Å²) >= 11 is 0. The van der Waals surface area contributed by atoms with E-state index in [1.54, 1.807) is 0 Å². The number of ether oxygens (including phenoxy) is 1. The van der Waals surface area contributed by atoms with Gasteiger partial charge in [0.15, 0.2) is 5.69 Å². The van der Waals surface area contributed by atoms with Crippen molar-refractivity contribution in [1.29, 1.82) is 0 Å². The molecule has 1 N–H and O–H groups in total. The minimum absolute atomic E-state index is 0.0800. The number of alkyl halides is 3. The van der Waals surface area contributed by atoms with Crippen molar-refractivity contribution in [3.8, 4) is 0 Å². The molecule has 1 saturated carbocycles. The Balaban J connectivity index is 1.47. The van der Waals surface area contributed by atoms with E-state index in [0.717, 1.165) is 29.4 Å². The lowest BCUT2D eigenvalue weighted by molar-refractivity contribution is -0.142. The van der Waals surface area contributed by atoms with Crippen LogP contribution in [0.25, 0.3) is 0 Å². The largest absolute Gasteiger partial charge is 0.457 e. The fourth-order valence-electron chi connectivity index (χ4n) is 3.81. The Kier molecular flexibility index (Phi) is 7.47. The van der Waals surface area contributed by atoms with E-state index >= 15 is 0 Å². The molecule has 1 aliphatic rings. The van der Waals surface area contributed by atoms with Gasteiger partial charge >= 0.3 is 12.1 Å². The Labute approximate surface area is 204 Å². The van der Waals surface area contributed by atoms with Crippen molar-refractivity contribution in [3.05, 3.63) is 88.2 Å². The maximum atomic E-state index is 13.2. The molecule has 0 aliphatic heterocycles. The minimum Gasteiger partial charge on any atom is -0.457 e. The molecule has 0 saturated heterocycles. The van der Waals surface area contributed by atoms with Gasteiger partial charge in [0.2, 0.25) is 5.91 Å². The van der Waals surface area contributed by atoms with Crippen molar-refractivity contribution in [2.24, 2.45) is 5.92 Å². The first kappa shape index (κ1) is 25.1. The summed E-state index contributed by atoms with van der Waals surface area (Å²) in [7, 11) is 0. The number of nitrogens with zero attached hydrogens (tertiary/aromatic N) is 3. The van der Waals surface area contributed by atoms with Gasteiger partial charge in [0.25, 0.3) is 5.56 Å². The number of pyridine rings is 1. The molecule has 36 heavy (non-hydrogen) atoms. The van der Waals surface area contributed by atoms with Crippen LogP contribution in [-0.2, 0) is 22.3 Å². The second kappa shape index (κ2) is 10.7. The van der Waals surface area contributed by atoms with Crippen molar-refractivity contribution >= 4 is 17.7 Å². The average Bonchev–Trinajstić information content (AvgIpc) is 2.83. The maximum absolute atomic E-state index is 13.2. The molecule has 0 unspecified atom stereocenters. The SMILES string of the molecule is O=C(OCc1ccccc1)c1ccc(NC(=O)[C@H](CC2CCC2)n2cc(C(F)(F)F)ncc2=O)nc1. The Hall–Kier alpha value is -4.02. The van der Waals surface area contributed by atoms with Crippen molar-refractivity contribution in [2.45, 2.75) is 44.5 Å². The first-order chi connectivity index (χ1) is 17.2. The second-order valence-electron chi connectivity index (χ2n) is 8.55. The molecule has 1 aromatic carbocycles. The zero-order valence-corrected chi connectivity index (χ0v) is 19.1. The van der Waals surface area contributed by atoms with E-state index in [4.69, 9.17) is 4.74 Å². The van der Waals surface area contributed by atoms with E-state index < -0.39 is 35.3 Å². The molecule has 2 aromatic heterocycles. The predicted molar refractivity (Wildman–Crippen MR) is 123 cm³/mol. The van der Waals surface area contributed by atoms with Crippen LogP contribution in [0.5, 0.6) is 0 Å². The minimum atomic E-state index is -4.76. The third-order valence-corrected chi connectivity index (χ3v) is 6.00. The third-order valence-electron chi connectivity index (χ3n) is 6.00. The van der Waals surface area contributed by atoms with Crippen LogP contribution < -0.4 is 10.9 Å². The lowest BCUT2D eigenvalue weighted by Gasteiger charge is -2.30. The van der Waals surface area contributed by atoms with Crippen LogP contribution in [0.2, 0.25) is 0 Å². The van der Waals surface area contributed by atoms with Gasteiger partial charge in [-0.25, -0.2) is 14.8 Å². The summed E-state index contributed by atoms with van der Waals surface area (Å²) in [6, 6.07) is 10.7. The number of anilines is 1. The molecule has 1 fully saturated rings. The number of esters is 1. The highest BCUT2D eigenvalue weighted by Crippen LogP contribution is 2.34. The number of benzene rings is 1. The number of aromatic nitrogens is 3. The van der Waals surface area contributed by atoms with E-state index in [1.807, 2.05) is 30.3 Å². The average molecular weight is 500 g/mol. The quantitative estimate of drug-likeness (QED) is 0.461. The maximum Gasteiger partial charge on any atom is 0.434 e. The van der Waals surface area contributed by atoms with Crippen molar-refractivity contribution in [2.75, 3.05) is 5.32 Å². The summed E-state index contributed by atoms with van der Waals surface area (Å²) in [6.07, 6.45) is 0.423. The van der Waals surface area contributed by atoms with Crippen LogP contribution in [0.1, 0.15) is 53.3 Å². The Morgan fingerprint density at radius 2 is 1.83 bits per heavy atom. The van der Waals surface area contributed by atoms with Gasteiger partial charge in [-0.1, -0.05) is 49.6 Å². The molecule has 11 heteroatoms.